The second kappa shape index (κ2) is 8.22. The van der Waals surface area contributed by atoms with Gasteiger partial charge in [-0.25, -0.2) is 4.79 Å². The first-order valence-electron chi connectivity index (χ1n) is 7.57. The smallest absolute Gasteiger partial charge is 0.331 e. The zero-order valence-electron chi connectivity index (χ0n) is 13.3. The fourth-order valence-corrected chi connectivity index (χ4v) is 1.91. The number of amides is 1. The normalized spacial score (nSPS) is 13.7. The SMILES string of the molecule is CCOc1ccc(/C=C/C(=O)OCC(=O)NC2CC2)cc1OC. The Balaban J connectivity index is 1.85. The van der Waals surface area contributed by atoms with Gasteiger partial charge in [-0.3, -0.25) is 4.79 Å². The molecule has 0 unspecified atom stereocenters. The number of carbonyl (C=O) groups excluding carboxylic acids is 2. The molecule has 6 heteroatoms. The summed E-state index contributed by atoms with van der Waals surface area (Å²) in [5.74, 6) is 0.401. The average molecular weight is 319 g/mol. The number of benzene rings is 1. The number of hydrogen-bond donors (Lipinski definition) is 1. The quantitative estimate of drug-likeness (QED) is 0.585. The van der Waals surface area contributed by atoms with Gasteiger partial charge in [-0.15, -0.1) is 0 Å². The van der Waals surface area contributed by atoms with E-state index >= 15 is 0 Å². The van der Waals surface area contributed by atoms with Crippen LogP contribution in [0.5, 0.6) is 11.5 Å². The number of rotatable bonds is 8. The molecule has 0 radical (unpaired) electrons. The molecule has 1 aliphatic carbocycles. The monoisotopic (exact) mass is 319 g/mol. The molecule has 0 heterocycles. The number of carbonyl (C=O) groups is 2. The Morgan fingerprint density at radius 2 is 2.09 bits per heavy atom. The molecular weight excluding hydrogens is 298 g/mol. The van der Waals surface area contributed by atoms with Crippen molar-refractivity contribution in [2.75, 3.05) is 20.3 Å². The standard InChI is InChI=1S/C17H21NO5/c1-3-22-14-8-4-12(10-15(14)21-2)5-9-17(20)23-11-16(19)18-13-6-7-13/h4-5,8-10,13H,3,6-7,11H2,1-2H3,(H,18,19)/b9-5+. The summed E-state index contributed by atoms with van der Waals surface area (Å²) in [5, 5.41) is 2.75. The number of methoxy groups -OCH3 is 1. The van der Waals surface area contributed by atoms with Crippen LogP contribution in [-0.2, 0) is 14.3 Å². The molecule has 124 valence electrons. The van der Waals surface area contributed by atoms with E-state index in [1.165, 1.54) is 6.08 Å². The lowest BCUT2D eigenvalue weighted by Crippen LogP contribution is -2.30. The lowest BCUT2D eigenvalue weighted by Gasteiger charge is -2.09. The third-order valence-electron chi connectivity index (χ3n) is 3.19. The van der Waals surface area contributed by atoms with Crippen LogP contribution in [0.3, 0.4) is 0 Å². The van der Waals surface area contributed by atoms with Gasteiger partial charge in [0.15, 0.2) is 18.1 Å². The van der Waals surface area contributed by atoms with Crippen LogP contribution in [0.25, 0.3) is 6.08 Å². The maximum Gasteiger partial charge on any atom is 0.331 e. The molecule has 1 fully saturated rings. The van der Waals surface area contributed by atoms with Crippen LogP contribution < -0.4 is 14.8 Å². The maximum atomic E-state index is 11.6. The molecule has 6 nitrogen and oxygen atoms in total. The molecule has 0 spiro atoms. The summed E-state index contributed by atoms with van der Waals surface area (Å²) in [6.07, 6.45) is 4.87. The van der Waals surface area contributed by atoms with Gasteiger partial charge >= 0.3 is 5.97 Å². The highest BCUT2D eigenvalue weighted by Gasteiger charge is 2.23. The molecule has 1 aromatic rings. The summed E-state index contributed by atoms with van der Waals surface area (Å²) in [6, 6.07) is 5.59. The number of esters is 1. The first-order chi connectivity index (χ1) is 11.1. The predicted octanol–water partition coefficient (Wildman–Crippen LogP) is 1.93. The molecule has 23 heavy (non-hydrogen) atoms. The molecule has 1 saturated carbocycles. The molecule has 0 saturated heterocycles. The molecule has 1 amide bonds. The minimum Gasteiger partial charge on any atom is -0.493 e. The van der Waals surface area contributed by atoms with Crippen molar-refractivity contribution >= 4 is 18.0 Å². The number of nitrogens with one attached hydrogen (secondary N) is 1. The fraction of sp³-hybridized carbons (Fsp3) is 0.412. The van der Waals surface area contributed by atoms with E-state index in [2.05, 4.69) is 5.32 Å². The number of hydrogen-bond acceptors (Lipinski definition) is 5. The molecule has 2 rings (SSSR count). The Kier molecular flexibility index (Phi) is 6.02. The Bertz CT molecular complexity index is 593. The van der Waals surface area contributed by atoms with Crippen molar-refractivity contribution in [3.05, 3.63) is 29.8 Å². The van der Waals surface area contributed by atoms with Gasteiger partial charge in [-0.1, -0.05) is 6.07 Å². The number of ether oxygens (including phenoxy) is 3. The summed E-state index contributed by atoms with van der Waals surface area (Å²) < 4.78 is 15.5. The highest BCUT2D eigenvalue weighted by Crippen LogP contribution is 2.28. The third-order valence-corrected chi connectivity index (χ3v) is 3.19. The lowest BCUT2D eigenvalue weighted by atomic mass is 10.2. The lowest BCUT2D eigenvalue weighted by molar-refractivity contribution is -0.143. The van der Waals surface area contributed by atoms with E-state index < -0.39 is 5.97 Å². The predicted molar refractivity (Wildman–Crippen MR) is 85.3 cm³/mol. The van der Waals surface area contributed by atoms with E-state index in [1.54, 1.807) is 31.4 Å². The molecule has 1 aromatic carbocycles. The summed E-state index contributed by atoms with van der Waals surface area (Å²) in [4.78, 5) is 23.0. The van der Waals surface area contributed by atoms with Crippen molar-refractivity contribution in [3.63, 3.8) is 0 Å². The van der Waals surface area contributed by atoms with Crippen molar-refractivity contribution in [2.24, 2.45) is 0 Å². The van der Waals surface area contributed by atoms with Gasteiger partial charge in [-0.2, -0.15) is 0 Å². The molecule has 1 aliphatic rings. The van der Waals surface area contributed by atoms with Crippen LogP contribution in [0.4, 0.5) is 0 Å². The van der Waals surface area contributed by atoms with Crippen molar-refractivity contribution in [1.82, 2.24) is 5.32 Å². The van der Waals surface area contributed by atoms with Crippen LogP contribution >= 0.6 is 0 Å². The average Bonchev–Trinajstić information content (AvgIpc) is 3.36. The molecular formula is C17H21NO5. The summed E-state index contributed by atoms with van der Waals surface area (Å²) >= 11 is 0. The molecule has 0 atom stereocenters. The van der Waals surface area contributed by atoms with Crippen molar-refractivity contribution < 1.29 is 23.8 Å². The van der Waals surface area contributed by atoms with Crippen molar-refractivity contribution in [1.29, 1.82) is 0 Å². The van der Waals surface area contributed by atoms with Gasteiger partial charge in [0.05, 0.1) is 13.7 Å². The topological polar surface area (TPSA) is 73.9 Å². The van der Waals surface area contributed by atoms with Crippen LogP contribution in [-0.4, -0.2) is 38.2 Å². The third kappa shape index (κ3) is 5.65. The minimum absolute atomic E-state index is 0.257. The van der Waals surface area contributed by atoms with Gasteiger partial charge in [-0.05, 0) is 43.5 Å². The van der Waals surface area contributed by atoms with E-state index in [4.69, 9.17) is 14.2 Å². The minimum atomic E-state index is -0.566. The zero-order chi connectivity index (χ0) is 16.7. The Hall–Kier alpha value is -2.50. The first kappa shape index (κ1) is 16.9. The van der Waals surface area contributed by atoms with Crippen LogP contribution in [0.2, 0.25) is 0 Å². The first-order valence-corrected chi connectivity index (χ1v) is 7.57. The van der Waals surface area contributed by atoms with E-state index in [0.29, 0.717) is 18.1 Å². The maximum absolute atomic E-state index is 11.6. The molecule has 0 aliphatic heterocycles. The van der Waals surface area contributed by atoms with E-state index in [-0.39, 0.29) is 18.6 Å². The Morgan fingerprint density at radius 1 is 1.30 bits per heavy atom. The molecule has 1 N–H and O–H groups in total. The highest BCUT2D eigenvalue weighted by atomic mass is 16.5. The summed E-state index contributed by atoms with van der Waals surface area (Å²) in [6.45, 7) is 2.18. The van der Waals surface area contributed by atoms with Crippen LogP contribution in [0.1, 0.15) is 25.3 Å². The van der Waals surface area contributed by atoms with Crippen LogP contribution in [0, 0.1) is 0 Å². The van der Waals surface area contributed by atoms with Gasteiger partial charge < -0.3 is 19.5 Å². The Labute approximate surface area is 135 Å². The van der Waals surface area contributed by atoms with E-state index in [1.807, 2.05) is 6.92 Å². The molecule has 0 bridgehead atoms. The molecule has 0 aromatic heterocycles. The van der Waals surface area contributed by atoms with Crippen LogP contribution in [0.15, 0.2) is 24.3 Å². The van der Waals surface area contributed by atoms with Gasteiger partial charge in [0.2, 0.25) is 0 Å². The van der Waals surface area contributed by atoms with Gasteiger partial charge in [0.25, 0.3) is 5.91 Å². The second-order valence-corrected chi connectivity index (χ2v) is 5.13. The van der Waals surface area contributed by atoms with E-state index in [0.717, 1.165) is 18.4 Å². The van der Waals surface area contributed by atoms with Crippen molar-refractivity contribution in [3.8, 4) is 11.5 Å². The zero-order valence-corrected chi connectivity index (χ0v) is 13.3. The van der Waals surface area contributed by atoms with Gasteiger partial charge in [0.1, 0.15) is 0 Å². The van der Waals surface area contributed by atoms with Gasteiger partial charge in [0, 0.05) is 12.1 Å². The highest BCUT2D eigenvalue weighted by molar-refractivity contribution is 5.89. The second-order valence-electron chi connectivity index (χ2n) is 5.13. The van der Waals surface area contributed by atoms with E-state index in [9.17, 15) is 9.59 Å². The largest absolute Gasteiger partial charge is 0.493 e. The summed E-state index contributed by atoms with van der Waals surface area (Å²) in [7, 11) is 1.55. The summed E-state index contributed by atoms with van der Waals surface area (Å²) in [5.41, 5.74) is 0.768. The van der Waals surface area contributed by atoms with Crippen molar-refractivity contribution in [2.45, 2.75) is 25.8 Å². The fourth-order valence-electron chi connectivity index (χ4n) is 1.91. The Morgan fingerprint density at radius 3 is 2.74 bits per heavy atom.